The van der Waals surface area contributed by atoms with Crippen LogP contribution in [0.5, 0.6) is 0 Å². The van der Waals surface area contributed by atoms with Gasteiger partial charge in [-0.3, -0.25) is 9.69 Å². The van der Waals surface area contributed by atoms with Gasteiger partial charge in [0.25, 0.3) is 0 Å². The molecule has 0 heterocycles. The number of hydrogen-bond acceptors (Lipinski definition) is 3. The van der Waals surface area contributed by atoms with E-state index in [-0.39, 0.29) is 5.78 Å². The predicted octanol–water partition coefficient (Wildman–Crippen LogP) is 5.97. The largest absolute Gasteiger partial charge is 0.297 e. The molecule has 0 saturated heterocycles. The van der Waals surface area contributed by atoms with Crippen LogP contribution < -0.4 is 0 Å². The molecule has 0 radical (unpaired) electrons. The van der Waals surface area contributed by atoms with Crippen molar-refractivity contribution < 1.29 is 4.79 Å². The van der Waals surface area contributed by atoms with E-state index in [1.807, 2.05) is 74.8 Å². The molecule has 0 aliphatic carbocycles. The van der Waals surface area contributed by atoms with Crippen LogP contribution in [0.4, 0.5) is 0 Å². The van der Waals surface area contributed by atoms with Gasteiger partial charge >= 0.3 is 0 Å². The number of hydrogen-bond donors (Lipinski definition) is 0. The zero-order valence-corrected chi connectivity index (χ0v) is 17.6. The van der Waals surface area contributed by atoms with Crippen molar-refractivity contribution in [2.24, 2.45) is 0 Å². The Balaban J connectivity index is 1.84. The van der Waals surface area contributed by atoms with Gasteiger partial charge in [0.15, 0.2) is 5.78 Å². The molecule has 0 aromatic heterocycles. The SMILES string of the molecule is CCC(Cc1ccccc1)(C(=O)c1ccc(Sc2ccccc2)cc1)N(C)C. The average molecular weight is 390 g/mol. The predicted molar refractivity (Wildman–Crippen MR) is 118 cm³/mol. The maximum absolute atomic E-state index is 13.6. The highest BCUT2D eigenvalue weighted by Gasteiger charge is 2.39. The van der Waals surface area contributed by atoms with Crippen LogP contribution in [0.2, 0.25) is 0 Å². The first-order chi connectivity index (χ1) is 13.5. The van der Waals surface area contributed by atoms with Crippen molar-refractivity contribution in [2.75, 3.05) is 14.1 Å². The molecule has 144 valence electrons. The molecule has 0 fully saturated rings. The highest BCUT2D eigenvalue weighted by atomic mass is 32.2. The zero-order chi connectivity index (χ0) is 20.0. The summed E-state index contributed by atoms with van der Waals surface area (Å²) in [7, 11) is 4.01. The van der Waals surface area contributed by atoms with Crippen LogP contribution in [0.3, 0.4) is 0 Å². The van der Waals surface area contributed by atoms with E-state index >= 15 is 0 Å². The van der Waals surface area contributed by atoms with Crippen molar-refractivity contribution >= 4 is 17.5 Å². The van der Waals surface area contributed by atoms with E-state index in [0.717, 1.165) is 16.9 Å². The molecule has 3 rings (SSSR count). The van der Waals surface area contributed by atoms with Gasteiger partial charge < -0.3 is 0 Å². The Morgan fingerprint density at radius 3 is 1.89 bits per heavy atom. The van der Waals surface area contributed by atoms with Gasteiger partial charge in [0.2, 0.25) is 0 Å². The standard InChI is InChI=1S/C25H27NOS/c1-4-25(26(2)3,19-20-11-7-5-8-12-20)24(27)21-15-17-23(18-16-21)28-22-13-9-6-10-14-22/h5-18H,4,19H2,1-3H3. The van der Waals surface area contributed by atoms with Gasteiger partial charge in [-0.2, -0.15) is 0 Å². The monoisotopic (exact) mass is 389 g/mol. The summed E-state index contributed by atoms with van der Waals surface area (Å²) in [6.45, 7) is 2.10. The van der Waals surface area contributed by atoms with Gasteiger partial charge in [-0.05, 0) is 56.8 Å². The molecule has 0 bridgehead atoms. The second-order valence-corrected chi connectivity index (χ2v) is 8.36. The lowest BCUT2D eigenvalue weighted by molar-refractivity contribution is 0.0666. The van der Waals surface area contributed by atoms with Crippen LogP contribution in [0.1, 0.15) is 29.3 Å². The van der Waals surface area contributed by atoms with E-state index in [2.05, 4.69) is 36.1 Å². The maximum atomic E-state index is 13.6. The minimum Gasteiger partial charge on any atom is -0.297 e. The Bertz CT molecular complexity index is 891. The van der Waals surface area contributed by atoms with Gasteiger partial charge in [-0.15, -0.1) is 0 Å². The van der Waals surface area contributed by atoms with Gasteiger partial charge in [-0.25, -0.2) is 0 Å². The first-order valence-electron chi connectivity index (χ1n) is 9.64. The summed E-state index contributed by atoms with van der Waals surface area (Å²) in [5, 5.41) is 0. The molecule has 0 N–H and O–H groups in total. The summed E-state index contributed by atoms with van der Waals surface area (Å²) in [6, 6.07) is 28.6. The molecular weight excluding hydrogens is 362 g/mol. The van der Waals surface area contributed by atoms with Gasteiger partial charge in [-0.1, -0.05) is 79.3 Å². The minimum absolute atomic E-state index is 0.181. The van der Waals surface area contributed by atoms with Crippen LogP contribution >= 0.6 is 11.8 Å². The van der Waals surface area contributed by atoms with E-state index < -0.39 is 5.54 Å². The molecule has 2 nitrogen and oxygen atoms in total. The first kappa shape index (κ1) is 20.4. The molecule has 0 spiro atoms. The zero-order valence-electron chi connectivity index (χ0n) is 16.8. The molecule has 0 saturated carbocycles. The van der Waals surface area contributed by atoms with Crippen molar-refractivity contribution in [1.29, 1.82) is 0 Å². The Hall–Kier alpha value is -2.36. The normalized spacial score (nSPS) is 13.3. The summed E-state index contributed by atoms with van der Waals surface area (Å²) in [5.41, 5.74) is 1.40. The third kappa shape index (κ3) is 4.54. The maximum Gasteiger partial charge on any atom is 0.183 e. The summed E-state index contributed by atoms with van der Waals surface area (Å²) in [6.07, 6.45) is 1.46. The summed E-state index contributed by atoms with van der Waals surface area (Å²) < 4.78 is 0. The van der Waals surface area contributed by atoms with Gasteiger partial charge in [0.1, 0.15) is 0 Å². The number of Topliss-reactive ketones (excluding diaryl/α,β-unsaturated/α-hetero) is 1. The molecular formula is C25H27NOS. The van der Waals surface area contributed by atoms with Crippen molar-refractivity contribution in [1.82, 2.24) is 4.90 Å². The molecule has 3 aromatic rings. The quantitative estimate of drug-likeness (QED) is 0.442. The summed E-state index contributed by atoms with van der Waals surface area (Å²) >= 11 is 1.71. The van der Waals surface area contributed by atoms with Crippen molar-refractivity contribution in [2.45, 2.75) is 35.1 Å². The third-order valence-electron chi connectivity index (χ3n) is 5.30. The van der Waals surface area contributed by atoms with Crippen LogP contribution in [-0.4, -0.2) is 30.3 Å². The van der Waals surface area contributed by atoms with E-state index in [9.17, 15) is 4.79 Å². The fourth-order valence-electron chi connectivity index (χ4n) is 3.54. The fraction of sp³-hybridized carbons (Fsp3) is 0.240. The van der Waals surface area contributed by atoms with E-state index in [0.29, 0.717) is 6.42 Å². The first-order valence-corrected chi connectivity index (χ1v) is 10.5. The molecule has 0 aliphatic rings. The molecule has 3 aromatic carbocycles. The summed E-state index contributed by atoms with van der Waals surface area (Å²) in [5.74, 6) is 0.181. The lowest BCUT2D eigenvalue weighted by Gasteiger charge is -2.38. The number of likely N-dealkylation sites (N-methyl/N-ethyl adjacent to an activating group) is 1. The van der Waals surface area contributed by atoms with Crippen LogP contribution in [-0.2, 0) is 6.42 Å². The number of rotatable bonds is 8. The van der Waals surface area contributed by atoms with Crippen LogP contribution in [0.25, 0.3) is 0 Å². The van der Waals surface area contributed by atoms with Crippen LogP contribution in [0, 0.1) is 0 Å². The number of ketones is 1. The molecule has 1 atom stereocenters. The third-order valence-corrected chi connectivity index (χ3v) is 6.31. The number of carbonyl (C=O) groups is 1. The smallest absolute Gasteiger partial charge is 0.183 e. The molecule has 1 unspecified atom stereocenters. The molecule has 28 heavy (non-hydrogen) atoms. The topological polar surface area (TPSA) is 20.3 Å². The second-order valence-electron chi connectivity index (χ2n) is 7.21. The van der Waals surface area contributed by atoms with Gasteiger partial charge in [0.05, 0.1) is 5.54 Å². The van der Waals surface area contributed by atoms with Crippen molar-refractivity contribution in [3.63, 3.8) is 0 Å². The summed E-state index contributed by atoms with van der Waals surface area (Å²) in [4.78, 5) is 18.0. The minimum atomic E-state index is -0.546. The van der Waals surface area contributed by atoms with Crippen molar-refractivity contribution in [3.05, 3.63) is 96.1 Å². The highest BCUT2D eigenvalue weighted by molar-refractivity contribution is 7.99. The number of nitrogens with zero attached hydrogens (tertiary/aromatic N) is 1. The van der Waals surface area contributed by atoms with E-state index in [1.165, 1.54) is 10.5 Å². The highest BCUT2D eigenvalue weighted by Crippen LogP contribution is 2.31. The van der Waals surface area contributed by atoms with Crippen LogP contribution in [0.15, 0.2) is 94.7 Å². The van der Waals surface area contributed by atoms with E-state index in [1.54, 1.807) is 11.8 Å². The number of benzene rings is 3. The van der Waals surface area contributed by atoms with Crippen molar-refractivity contribution in [3.8, 4) is 0 Å². The van der Waals surface area contributed by atoms with E-state index in [4.69, 9.17) is 0 Å². The van der Waals surface area contributed by atoms with Gasteiger partial charge in [0, 0.05) is 15.4 Å². The molecule has 0 aliphatic heterocycles. The average Bonchev–Trinajstić information content (AvgIpc) is 2.73. The molecule has 3 heteroatoms. The molecule has 0 amide bonds. The number of carbonyl (C=O) groups excluding carboxylic acids is 1. The lowest BCUT2D eigenvalue weighted by Crippen LogP contribution is -2.52. The fourth-order valence-corrected chi connectivity index (χ4v) is 4.38. The lowest BCUT2D eigenvalue weighted by atomic mass is 9.80. The Morgan fingerprint density at radius 2 is 1.36 bits per heavy atom. The Kier molecular flexibility index (Phi) is 6.71. The Labute approximate surface area is 172 Å². The Morgan fingerprint density at radius 1 is 0.821 bits per heavy atom. The second kappa shape index (κ2) is 9.22.